The molecule has 0 aliphatic carbocycles. The molecule has 0 saturated heterocycles. The zero-order valence-electron chi connectivity index (χ0n) is 22.2. The van der Waals surface area contributed by atoms with Gasteiger partial charge in [-0.15, -0.1) is 0 Å². The lowest BCUT2D eigenvalue weighted by atomic mass is 9.96. The number of nitrogens with one attached hydrogen (secondary N) is 2. The van der Waals surface area contributed by atoms with Crippen molar-refractivity contribution in [1.82, 2.24) is 10.2 Å². The molecule has 3 rings (SSSR count). The van der Waals surface area contributed by atoms with Crippen LogP contribution in [0.15, 0.2) is 66.7 Å². The number of hydrogen-bond acceptors (Lipinski definition) is 5. The van der Waals surface area contributed by atoms with Gasteiger partial charge in [0, 0.05) is 11.2 Å². The van der Waals surface area contributed by atoms with E-state index in [1.165, 1.54) is 17.0 Å². The first-order chi connectivity index (χ1) is 17.2. The quantitative estimate of drug-likeness (QED) is 0.417. The monoisotopic (exact) mass is 505 g/mol. The Morgan fingerprint density at radius 1 is 0.892 bits per heavy atom. The molecular weight excluding hydrogens is 470 g/mol. The van der Waals surface area contributed by atoms with Crippen LogP contribution in [-0.4, -0.2) is 45.6 Å². The Balaban J connectivity index is 1.94. The van der Waals surface area contributed by atoms with Gasteiger partial charge in [0.15, 0.2) is 0 Å². The number of benzene rings is 3. The van der Waals surface area contributed by atoms with Crippen LogP contribution in [0.25, 0.3) is 10.8 Å². The number of alkyl carbamates (subject to hydrolysis) is 1. The van der Waals surface area contributed by atoms with Crippen LogP contribution >= 0.6 is 0 Å². The summed E-state index contributed by atoms with van der Waals surface area (Å²) in [6, 6.07) is 18.5. The lowest BCUT2D eigenvalue weighted by Gasteiger charge is -2.41. The van der Waals surface area contributed by atoms with E-state index in [4.69, 9.17) is 4.74 Å². The van der Waals surface area contributed by atoms with Gasteiger partial charge in [0.05, 0.1) is 0 Å². The van der Waals surface area contributed by atoms with E-state index in [1.807, 2.05) is 57.2 Å². The Labute approximate surface area is 217 Å². The molecule has 196 valence electrons. The van der Waals surface area contributed by atoms with E-state index >= 15 is 0 Å². The summed E-state index contributed by atoms with van der Waals surface area (Å²) in [5, 5.41) is 17.3. The van der Waals surface area contributed by atoms with Gasteiger partial charge in [0.2, 0.25) is 5.91 Å². The summed E-state index contributed by atoms with van der Waals surface area (Å²) >= 11 is 0. The lowest BCUT2D eigenvalue weighted by molar-refractivity contribution is -0.144. The third kappa shape index (κ3) is 7.46. The third-order valence-corrected chi connectivity index (χ3v) is 5.51. The zero-order chi connectivity index (χ0) is 27.4. The fourth-order valence-electron chi connectivity index (χ4n) is 4.00. The van der Waals surface area contributed by atoms with E-state index in [2.05, 4.69) is 10.6 Å². The number of phenols is 1. The first kappa shape index (κ1) is 27.5. The van der Waals surface area contributed by atoms with Gasteiger partial charge in [-0.25, -0.2) is 4.79 Å². The summed E-state index contributed by atoms with van der Waals surface area (Å²) < 4.78 is 5.25. The van der Waals surface area contributed by atoms with Crippen molar-refractivity contribution in [1.29, 1.82) is 0 Å². The highest BCUT2D eigenvalue weighted by molar-refractivity contribution is 6.00. The molecule has 0 heterocycles. The van der Waals surface area contributed by atoms with Crippen LogP contribution in [0.4, 0.5) is 10.5 Å². The van der Waals surface area contributed by atoms with Crippen molar-refractivity contribution in [3.63, 3.8) is 0 Å². The Kier molecular flexibility index (Phi) is 8.11. The number of anilines is 1. The zero-order valence-corrected chi connectivity index (χ0v) is 22.2. The van der Waals surface area contributed by atoms with Gasteiger partial charge < -0.3 is 25.4 Å². The average molecular weight is 506 g/mol. The number of ether oxygens (including phenoxy) is 1. The molecule has 0 aromatic heterocycles. The van der Waals surface area contributed by atoms with Gasteiger partial charge in [-0.2, -0.15) is 0 Å². The van der Waals surface area contributed by atoms with Crippen molar-refractivity contribution >= 4 is 34.4 Å². The minimum absolute atomic E-state index is 0.0395. The molecule has 0 spiro atoms. The molecule has 0 saturated carbocycles. The number of nitrogens with zero attached hydrogens (tertiary/aromatic N) is 1. The SMILES string of the molecule is CC(C)(C)OC(=O)NCC(=O)N(C(C(=O)Nc1ccc2ccccc2c1)c1ccc(O)cc1)C(C)(C)C. The molecule has 1 unspecified atom stereocenters. The number of phenolic OH excluding ortho intramolecular Hbond substituents is 1. The normalized spacial score (nSPS) is 12.5. The number of rotatable bonds is 6. The maximum absolute atomic E-state index is 13.8. The molecule has 8 nitrogen and oxygen atoms in total. The molecule has 37 heavy (non-hydrogen) atoms. The number of fused-ring (bicyclic) bond motifs is 1. The fourth-order valence-corrected chi connectivity index (χ4v) is 4.00. The van der Waals surface area contributed by atoms with Gasteiger partial charge in [-0.05, 0) is 82.1 Å². The van der Waals surface area contributed by atoms with Gasteiger partial charge in [-0.3, -0.25) is 9.59 Å². The van der Waals surface area contributed by atoms with Gasteiger partial charge in [0.1, 0.15) is 23.9 Å². The summed E-state index contributed by atoms with van der Waals surface area (Å²) in [7, 11) is 0. The topological polar surface area (TPSA) is 108 Å². The highest BCUT2D eigenvalue weighted by Crippen LogP contribution is 2.31. The predicted octanol–water partition coefficient (Wildman–Crippen LogP) is 5.38. The van der Waals surface area contributed by atoms with Crippen LogP contribution in [0, 0.1) is 0 Å². The number of carbonyl (C=O) groups is 3. The molecular formula is C29H35N3O5. The van der Waals surface area contributed by atoms with Crippen molar-refractivity contribution in [2.75, 3.05) is 11.9 Å². The van der Waals surface area contributed by atoms with Crippen molar-refractivity contribution < 1.29 is 24.2 Å². The van der Waals surface area contributed by atoms with E-state index in [-0.39, 0.29) is 12.3 Å². The van der Waals surface area contributed by atoms with Crippen molar-refractivity contribution in [2.24, 2.45) is 0 Å². The summed E-state index contributed by atoms with van der Waals surface area (Å²) in [6.07, 6.45) is -0.725. The first-order valence-electron chi connectivity index (χ1n) is 12.1. The maximum atomic E-state index is 13.8. The Morgan fingerprint density at radius 2 is 1.51 bits per heavy atom. The molecule has 1 atom stereocenters. The lowest BCUT2D eigenvalue weighted by Crippen LogP contribution is -2.54. The Hall–Kier alpha value is -4.07. The van der Waals surface area contributed by atoms with Crippen molar-refractivity contribution in [3.05, 3.63) is 72.3 Å². The average Bonchev–Trinajstić information content (AvgIpc) is 2.79. The molecule has 3 aromatic rings. The minimum atomic E-state index is -1.04. The van der Waals surface area contributed by atoms with Crippen LogP contribution in [-0.2, 0) is 14.3 Å². The molecule has 0 aliphatic rings. The van der Waals surface area contributed by atoms with E-state index < -0.39 is 35.1 Å². The fraction of sp³-hybridized carbons (Fsp3) is 0.345. The molecule has 0 radical (unpaired) electrons. The maximum Gasteiger partial charge on any atom is 0.408 e. The van der Waals surface area contributed by atoms with E-state index in [0.717, 1.165) is 10.8 Å². The Morgan fingerprint density at radius 3 is 2.11 bits per heavy atom. The highest BCUT2D eigenvalue weighted by Gasteiger charge is 2.38. The summed E-state index contributed by atoms with van der Waals surface area (Å²) in [5.41, 5.74) is -0.418. The second-order valence-electron chi connectivity index (χ2n) is 10.8. The molecule has 0 fully saturated rings. The summed E-state index contributed by atoms with van der Waals surface area (Å²) in [6.45, 7) is 10.3. The molecule has 3 amide bonds. The number of carbonyl (C=O) groups excluding carboxylic acids is 3. The molecule has 3 N–H and O–H groups in total. The summed E-state index contributed by atoms with van der Waals surface area (Å²) in [5.74, 6) is -0.857. The van der Waals surface area contributed by atoms with Gasteiger partial charge in [0.25, 0.3) is 5.91 Å². The molecule has 0 aliphatic heterocycles. The minimum Gasteiger partial charge on any atom is -0.508 e. The van der Waals surface area contributed by atoms with Crippen LogP contribution in [0.5, 0.6) is 5.75 Å². The van der Waals surface area contributed by atoms with Crippen molar-refractivity contribution in [2.45, 2.75) is 58.7 Å². The number of aromatic hydroxyl groups is 1. The van der Waals surface area contributed by atoms with Gasteiger partial charge in [-0.1, -0.05) is 42.5 Å². The van der Waals surface area contributed by atoms with Crippen LogP contribution in [0.2, 0.25) is 0 Å². The number of amides is 3. The summed E-state index contributed by atoms with van der Waals surface area (Å²) in [4.78, 5) is 40.9. The smallest absolute Gasteiger partial charge is 0.408 e. The standard InChI is InChI=1S/C29H35N3O5/c1-28(2,3)32(24(34)18-30-27(36)37-29(4,5)6)25(20-12-15-23(33)16-13-20)26(35)31-22-14-11-19-9-7-8-10-21(19)17-22/h7-17,25,33H,18H2,1-6H3,(H,30,36)(H,31,35). The highest BCUT2D eigenvalue weighted by atomic mass is 16.6. The third-order valence-electron chi connectivity index (χ3n) is 5.51. The second-order valence-corrected chi connectivity index (χ2v) is 10.8. The van der Waals surface area contributed by atoms with Crippen molar-refractivity contribution in [3.8, 4) is 5.75 Å². The van der Waals surface area contributed by atoms with Gasteiger partial charge >= 0.3 is 6.09 Å². The molecule has 8 heteroatoms. The second kappa shape index (κ2) is 10.9. The Bertz CT molecular complexity index is 1270. The predicted molar refractivity (Wildman–Crippen MR) is 144 cm³/mol. The largest absolute Gasteiger partial charge is 0.508 e. The van der Waals surface area contributed by atoms with Crippen LogP contribution < -0.4 is 10.6 Å². The van der Waals surface area contributed by atoms with E-state index in [0.29, 0.717) is 11.3 Å². The van der Waals surface area contributed by atoms with E-state index in [9.17, 15) is 19.5 Å². The molecule has 3 aromatic carbocycles. The molecule has 0 bridgehead atoms. The first-order valence-corrected chi connectivity index (χ1v) is 12.1. The van der Waals surface area contributed by atoms with E-state index in [1.54, 1.807) is 39.0 Å². The van der Waals surface area contributed by atoms with Crippen LogP contribution in [0.3, 0.4) is 0 Å². The van der Waals surface area contributed by atoms with Crippen LogP contribution in [0.1, 0.15) is 53.1 Å². The number of hydrogen-bond donors (Lipinski definition) is 3.